The highest BCUT2D eigenvalue weighted by atomic mass is 15.0. The van der Waals surface area contributed by atoms with E-state index in [2.05, 4.69) is 167 Å². The fraction of sp³-hybridized carbons (Fsp3) is 0. The van der Waals surface area contributed by atoms with E-state index in [0.717, 1.165) is 0 Å². The fourth-order valence-electron chi connectivity index (χ4n) is 6.75. The molecule has 7 aromatic carbocycles. The summed E-state index contributed by atoms with van der Waals surface area (Å²) in [5.41, 5.74) is 9.68. The summed E-state index contributed by atoms with van der Waals surface area (Å²) in [6.45, 7) is 0. The quantitative estimate of drug-likeness (QED) is 0.213. The molecule has 2 aromatic heterocycles. The highest BCUT2D eigenvalue weighted by molar-refractivity contribution is 6.12. The molecule has 2 nitrogen and oxygen atoms in total. The van der Waals surface area contributed by atoms with E-state index in [1.165, 1.54) is 76.9 Å². The number of benzene rings is 7. The van der Waals surface area contributed by atoms with Crippen LogP contribution >= 0.6 is 0 Å². The van der Waals surface area contributed by atoms with Crippen LogP contribution in [0.15, 0.2) is 158 Å². The Bertz CT molecular complexity index is 2460. The minimum Gasteiger partial charge on any atom is -0.309 e. The molecule has 0 saturated heterocycles. The number of hydrogen-bond donors (Lipinski definition) is 0. The maximum Gasteiger partial charge on any atom is 0.0547 e. The van der Waals surface area contributed by atoms with E-state index in [9.17, 15) is 0 Å². The van der Waals surface area contributed by atoms with Crippen molar-refractivity contribution in [2.45, 2.75) is 0 Å². The van der Waals surface area contributed by atoms with Crippen LogP contribution in [0, 0.1) is 0 Å². The Morgan fingerprint density at radius 2 is 0.857 bits per heavy atom. The van der Waals surface area contributed by atoms with Gasteiger partial charge in [0.15, 0.2) is 0 Å². The zero-order valence-corrected chi connectivity index (χ0v) is 22.9. The van der Waals surface area contributed by atoms with Gasteiger partial charge in [0.2, 0.25) is 0 Å². The molecule has 0 aliphatic rings. The second-order valence-corrected chi connectivity index (χ2v) is 11.0. The first-order valence-corrected chi connectivity index (χ1v) is 14.4. The number of rotatable bonds is 3. The molecule has 0 radical (unpaired) electrons. The lowest BCUT2D eigenvalue weighted by atomic mass is 10.0. The van der Waals surface area contributed by atoms with E-state index in [4.69, 9.17) is 0 Å². The normalized spacial score (nSPS) is 11.8. The Kier molecular flexibility index (Phi) is 4.93. The summed E-state index contributed by atoms with van der Waals surface area (Å²) < 4.78 is 4.79. The van der Waals surface area contributed by atoms with E-state index < -0.39 is 0 Å². The number of aromatic nitrogens is 2. The smallest absolute Gasteiger partial charge is 0.0547 e. The lowest BCUT2D eigenvalue weighted by Gasteiger charge is -2.11. The predicted molar refractivity (Wildman–Crippen MR) is 178 cm³/mol. The average molecular weight is 535 g/mol. The van der Waals surface area contributed by atoms with Gasteiger partial charge >= 0.3 is 0 Å². The van der Waals surface area contributed by atoms with Crippen molar-refractivity contribution in [1.82, 2.24) is 9.13 Å². The monoisotopic (exact) mass is 534 g/mol. The van der Waals surface area contributed by atoms with Crippen molar-refractivity contribution in [3.63, 3.8) is 0 Å². The molecule has 0 saturated carbocycles. The van der Waals surface area contributed by atoms with E-state index in [0.29, 0.717) is 0 Å². The van der Waals surface area contributed by atoms with Crippen LogP contribution in [0.2, 0.25) is 0 Å². The van der Waals surface area contributed by atoms with Crippen LogP contribution in [0.5, 0.6) is 0 Å². The zero-order chi connectivity index (χ0) is 27.6. The van der Waals surface area contributed by atoms with Gasteiger partial charge in [0.05, 0.1) is 22.1 Å². The van der Waals surface area contributed by atoms with E-state index in [1.807, 2.05) is 0 Å². The summed E-state index contributed by atoms with van der Waals surface area (Å²) in [5.74, 6) is 0. The van der Waals surface area contributed by atoms with Crippen molar-refractivity contribution in [1.29, 1.82) is 0 Å². The number of fused-ring (bicyclic) bond motifs is 7. The van der Waals surface area contributed by atoms with Gasteiger partial charge in [-0.3, -0.25) is 0 Å². The number of nitrogens with zero attached hydrogens (tertiary/aromatic N) is 2. The Morgan fingerprint density at radius 1 is 0.286 bits per heavy atom. The largest absolute Gasteiger partial charge is 0.309 e. The second kappa shape index (κ2) is 8.95. The zero-order valence-electron chi connectivity index (χ0n) is 22.9. The Balaban J connectivity index is 1.28. The third-order valence-electron chi connectivity index (χ3n) is 8.69. The Labute approximate surface area is 243 Å². The number of para-hydroxylation sites is 3. The summed E-state index contributed by atoms with van der Waals surface area (Å²) in [6.07, 6.45) is 0. The predicted octanol–water partition coefficient (Wildman–Crippen LogP) is 10.7. The van der Waals surface area contributed by atoms with E-state index in [1.54, 1.807) is 0 Å². The molecule has 0 amide bonds. The van der Waals surface area contributed by atoms with Crippen LogP contribution in [0.25, 0.3) is 76.9 Å². The van der Waals surface area contributed by atoms with Crippen LogP contribution in [0.1, 0.15) is 0 Å². The highest BCUT2D eigenvalue weighted by Gasteiger charge is 2.16. The molecule has 0 bridgehead atoms. The summed E-state index contributed by atoms with van der Waals surface area (Å²) in [4.78, 5) is 0. The minimum absolute atomic E-state index is 1.18. The summed E-state index contributed by atoms with van der Waals surface area (Å²) in [7, 11) is 0. The van der Waals surface area contributed by atoms with Gasteiger partial charge in [-0.1, -0.05) is 103 Å². The van der Waals surface area contributed by atoms with Gasteiger partial charge in [0.25, 0.3) is 0 Å². The van der Waals surface area contributed by atoms with Crippen LogP contribution in [-0.4, -0.2) is 9.13 Å². The molecular weight excluding hydrogens is 508 g/mol. The van der Waals surface area contributed by atoms with Gasteiger partial charge in [0.1, 0.15) is 0 Å². The molecule has 0 unspecified atom stereocenters. The molecule has 9 rings (SSSR count). The molecule has 0 aliphatic heterocycles. The molecule has 0 aliphatic carbocycles. The molecule has 0 spiro atoms. The Morgan fingerprint density at radius 3 is 1.67 bits per heavy atom. The van der Waals surface area contributed by atoms with Crippen LogP contribution in [0.4, 0.5) is 0 Å². The first kappa shape index (κ1) is 23.1. The molecule has 9 aromatic rings. The maximum absolute atomic E-state index is 2.42. The topological polar surface area (TPSA) is 9.86 Å². The van der Waals surface area contributed by atoms with Crippen molar-refractivity contribution < 1.29 is 0 Å². The van der Waals surface area contributed by atoms with E-state index in [-0.39, 0.29) is 0 Å². The number of hydrogen-bond acceptors (Lipinski definition) is 0. The van der Waals surface area contributed by atoms with Gasteiger partial charge < -0.3 is 9.13 Å². The Hall–Kier alpha value is -5.60. The lowest BCUT2D eigenvalue weighted by Crippen LogP contribution is -1.94. The summed E-state index contributed by atoms with van der Waals surface area (Å²) in [6, 6.07) is 57.3. The highest BCUT2D eigenvalue weighted by Crippen LogP contribution is 2.38. The van der Waals surface area contributed by atoms with Crippen molar-refractivity contribution >= 4 is 54.4 Å². The molecule has 0 N–H and O–H groups in total. The molecule has 2 heteroatoms. The maximum atomic E-state index is 2.42. The first-order valence-electron chi connectivity index (χ1n) is 14.4. The second-order valence-electron chi connectivity index (χ2n) is 11.0. The van der Waals surface area contributed by atoms with Crippen LogP contribution in [-0.2, 0) is 0 Å². The van der Waals surface area contributed by atoms with Gasteiger partial charge in [0, 0.05) is 32.9 Å². The third kappa shape index (κ3) is 3.39. The first-order chi connectivity index (χ1) is 20.8. The third-order valence-corrected chi connectivity index (χ3v) is 8.69. The molecule has 0 fully saturated rings. The van der Waals surface area contributed by atoms with Gasteiger partial charge in [-0.15, -0.1) is 0 Å². The van der Waals surface area contributed by atoms with Crippen molar-refractivity contribution in [2.75, 3.05) is 0 Å². The molecule has 2 heterocycles. The molecule has 196 valence electrons. The standard InChI is InChI=1S/C40H26N2/c1-2-12-31(13-3-1)41-38-17-9-7-15-34(38)36-25-29(20-23-39(36)41)30-19-22-35-33-14-6-8-16-37(33)42(40(35)26-30)32-21-18-27-10-4-5-11-28(27)24-32/h1-26H. The molecule has 0 atom stereocenters. The van der Waals surface area contributed by atoms with Crippen molar-refractivity contribution in [2.24, 2.45) is 0 Å². The van der Waals surface area contributed by atoms with Crippen molar-refractivity contribution in [3.05, 3.63) is 158 Å². The van der Waals surface area contributed by atoms with E-state index >= 15 is 0 Å². The summed E-state index contributed by atoms with van der Waals surface area (Å²) in [5, 5.41) is 7.58. The van der Waals surface area contributed by atoms with Crippen LogP contribution < -0.4 is 0 Å². The van der Waals surface area contributed by atoms with Gasteiger partial charge in [-0.05, 0) is 76.5 Å². The fourth-order valence-corrected chi connectivity index (χ4v) is 6.75. The minimum atomic E-state index is 1.18. The summed E-state index contributed by atoms with van der Waals surface area (Å²) >= 11 is 0. The SMILES string of the molecule is c1ccc(-n2c3ccccc3c3cc(-c4ccc5c6ccccc6n(-c6ccc7ccccc7c6)c5c4)ccc32)cc1. The molecule has 42 heavy (non-hydrogen) atoms. The van der Waals surface area contributed by atoms with Gasteiger partial charge in [-0.2, -0.15) is 0 Å². The lowest BCUT2D eigenvalue weighted by molar-refractivity contribution is 1.18. The van der Waals surface area contributed by atoms with Gasteiger partial charge in [-0.25, -0.2) is 0 Å². The molecular formula is C40H26N2. The van der Waals surface area contributed by atoms with Crippen molar-refractivity contribution in [3.8, 4) is 22.5 Å². The van der Waals surface area contributed by atoms with Crippen LogP contribution in [0.3, 0.4) is 0 Å². The average Bonchev–Trinajstić information content (AvgIpc) is 3.57.